The molecule has 0 aliphatic heterocycles. The minimum absolute atomic E-state index is 0.0164. The Labute approximate surface area is 186 Å². The van der Waals surface area contributed by atoms with E-state index < -0.39 is 0 Å². The Balaban J connectivity index is 1.29. The predicted octanol–water partition coefficient (Wildman–Crippen LogP) is 5.89. The van der Waals surface area contributed by atoms with Gasteiger partial charge in [-0.15, -0.1) is 5.10 Å². The number of hydrogen-bond acceptors (Lipinski definition) is 3. The van der Waals surface area contributed by atoms with Crippen LogP contribution in [-0.2, 0) is 0 Å². The molecular weight excluding hydrogens is 382 g/mol. The van der Waals surface area contributed by atoms with Crippen LogP contribution in [-0.4, -0.2) is 26.2 Å². The lowest BCUT2D eigenvalue weighted by molar-refractivity contribution is -0.121. The zero-order chi connectivity index (χ0) is 21.2. The van der Waals surface area contributed by atoms with E-state index in [0.717, 1.165) is 35.4 Å². The van der Waals surface area contributed by atoms with Gasteiger partial charge in [0.25, 0.3) is 0 Å². The molecular formula is C27H37N3O. The fraction of sp³-hybridized carbons (Fsp3) is 0.704. The molecule has 166 valence electrons. The highest BCUT2D eigenvalue weighted by Crippen LogP contribution is 2.67. The van der Waals surface area contributed by atoms with Crippen molar-refractivity contribution < 1.29 is 5.11 Å². The number of aliphatic hydroxyl groups excluding tert-OH is 1. The first-order chi connectivity index (χ1) is 15.0. The third-order valence-corrected chi connectivity index (χ3v) is 10.5. The first-order valence-corrected chi connectivity index (χ1v) is 12.7. The second-order valence-electron chi connectivity index (χ2n) is 11.6. The van der Waals surface area contributed by atoms with E-state index in [9.17, 15) is 5.11 Å². The molecule has 0 unspecified atom stereocenters. The lowest BCUT2D eigenvalue weighted by atomic mass is 9.45. The molecule has 8 atom stereocenters. The lowest BCUT2D eigenvalue weighted by Gasteiger charge is -2.60. The van der Waals surface area contributed by atoms with Crippen molar-refractivity contribution in [1.82, 2.24) is 15.0 Å². The van der Waals surface area contributed by atoms with E-state index >= 15 is 0 Å². The zero-order valence-electron chi connectivity index (χ0n) is 19.1. The fourth-order valence-corrected chi connectivity index (χ4v) is 8.72. The summed E-state index contributed by atoms with van der Waals surface area (Å²) in [6.45, 7) is 5.01. The summed E-state index contributed by atoms with van der Waals surface area (Å²) in [5, 5.41) is 20.5. The molecule has 0 spiro atoms. The first kappa shape index (κ1) is 20.0. The maximum Gasteiger partial charge on any atom is 0.113 e. The maximum absolute atomic E-state index is 11.6. The topological polar surface area (TPSA) is 50.9 Å². The van der Waals surface area contributed by atoms with Gasteiger partial charge < -0.3 is 5.11 Å². The van der Waals surface area contributed by atoms with Crippen molar-refractivity contribution in [3.05, 3.63) is 36.5 Å². The summed E-state index contributed by atoms with van der Waals surface area (Å²) in [6, 6.07) is 10.3. The van der Waals surface area contributed by atoms with Crippen LogP contribution >= 0.6 is 0 Å². The van der Waals surface area contributed by atoms with Crippen LogP contribution in [0.5, 0.6) is 0 Å². The van der Waals surface area contributed by atoms with Gasteiger partial charge in [0.05, 0.1) is 18.3 Å². The SMILES string of the molecule is C[C@]12CCCC[C@@H]1CC[C@@H]1[C@@H]2CC[C@]2(C)[C@H](O)[C@@H](n3cc(-c4ccccc4)nn3)C[C@@H]12. The van der Waals surface area contributed by atoms with E-state index in [-0.39, 0.29) is 17.6 Å². The van der Waals surface area contributed by atoms with Crippen molar-refractivity contribution in [3.63, 3.8) is 0 Å². The summed E-state index contributed by atoms with van der Waals surface area (Å²) in [5.74, 6) is 3.18. The van der Waals surface area contributed by atoms with E-state index in [2.05, 4.69) is 42.5 Å². The van der Waals surface area contributed by atoms with Gasteiger partial charge in [0.15, 0.2) is 0 Å². The van der Waals surface area contributed by atoms with Crippen molar-refractivity contribution in [3.8, 4) is 11.3 Å². The van der Waals surface area contributed by atoms with E-state index in [1.54, 1.807) is 0 Å². The van der Waals surface area contributed by atoms with Gasteiger partial charge in [-0.25, -0.2) is 4.68 Å². The van der Waals surface area contributed by atoms with Gasteiger partial charge in [-0.3, -0.25) is 0 Å². The molecule has 31 heavy (non-hydrogen) atoms. The van der Waals surface area contributed by atoms with Gasteiger partial charge in [0.2, 0.25) is 0 Å². The largest absolute Gasteiger partial charge is 0.390 e. The Kier molecular flexibility index (Phi) is 4.61. The van der Waals surface area contributed by atoms with E-state index in [1.165, 1.54) is 51.4 Å². The molecule has 0 saturated heterocycles. The van der Waals surface area contributed by atoms with Crippen LogP contribution in [0.3, 0.4) is 0 Å². The van der Waals surface area contributed by atoms with Crippen LogP contribution in [0.2, 0.25) is 0 Å². The second-order valence-corrected chi connectivity index (χ2v) is 11.6. The van der Waals surface area contributed by atoms with Crippen LogP contribution < -0.4 is 0 Å². The first-order valence-electron chi connectivity index (χ1n) is 12.7. The Morgan fingerprint density at radius 1 is 0.935 bits per heavy atom. The number of nitrogens with zero attached hydrogens (tertiary/aromatic N) is 3. The molecule has 4 aliphatic carbocycles. The normalized spacial score (nSPS) is 44.4. The van der Waals surface area contributed by atoms with Gasteiger partial charge in [-0.05, 0) is 79.4 Å². The third kappa shape index (κ3) is 2.90. The average Bonchev–Trinajstić information content (AvgIpc) is 3.37. The van der Waals surface area contributed by atoms with E-state index in [4.69, 9.17) is 0 Å². The lowest BCUT2D eigenvalue weighted by Crippen LogP contribution is -2.53. The molecule has 0 amide bonds. The molecule has 1 heterocycles. The maximum atomic E-state index is 11.6. The highest BCUT2D eigenvalue weighted by Gasteiger charge is 2.62. The molecule has 4 nitrogen and oxygen atoms in total. The molecule has 0 radical (unpaired) electrons. The van der Waals surface area contributed by atoms with Gasteiger partial charge in [-0.1, -0.05) is 62.2 Å². The summed E-state index contributed by atoms with van der Waals surface area (Å²) < 4.78 is 1.99. The molecule has 4 aliphatic rings. The van der Waals surface area contributed by atoms with E-state index in [1.807, 2.05) is 22.9 Å². The number of aromatic nitrogens is 3. The molecule has 1 N–H and O–H groups in total. The highest BCUT2D eigenvalue weighted by atomic mass is 16.3. The van der Waals surface area contributed by atoms with Crippen molar-refractivity contribution >= 4 is 0 Å². The molecule has 4 fully saturated rings. The molecule has 1 aromatic carbocycles. The fourth-order valence-electron chi connectivity index (χ4n) is 8.72. The Bertz CT molecular complexity index is 941. The smallest absolute Gasteiger partial charge is 0.113 e. The van der Waals surface area contributed by atoms with Gasteiger partial charge in [0.1, 0.15) is 5.69 Å². The van der Waals surface area contributed by atoms with Gasteiger partial charge in [-0.2, -0.15) is 0 Å². The van der Waals surface area contributed by atoms with Crippen molar-refractivity contribution in [2.75, 3.05) is 0 Å². The van der Waals surface area contributed by atoms with Gasteiger partial charge in [0, 0.05) is 5.56 Å². The molecule has 2 aromatic rings. The van der Waals surface area contributed by atoms with Crippen molar-refractivity contribution in [1.29, 1.82) is 0 Å². The Hall–Kier alpha value is -1.68. The summed E-state index contributed by atoms with van der Waals surface area (Å²) in [6.07, 6.45) is 13.8. The summed E-state index contributed by atoms with van der Waals surface area (Å²) in [4.78, 5) is 0. The van der Waals surface area contributed by atoms with Crippen LogP contribution in [0.4, 0.5) is 0 Å². The minimum Gasteiger partial charge on any atom is -0.390 e. The molecule has 4 heteroatoms. The molecule has 4 saturated carbocycles. The zero-order valence-corrected chi connectivity index (χ0v) is 19.1. The third-order valence-electron chi connectivity index (χ3n) is 10.5. The number of benzene rings is 1. The second kappa shape index (κ2) is 7.16. The highest BCUT2D eigenvalue weighted by molar-refractivity contribution is 5.57. The molecule has 0 bridgehead atoms. The van der Waals surface area contributed by atoms with Crippen LogP contribution in [0.1, 0.15) is 77.7 Å². The number of hydrogen-bond donors (Lipinski definition) is 1. The van der Waals surface area contributed by atoms with Crippen LogP contribution in [0, 0.1) is 34.5 Å². The predicted molar refractivity (Wildman–Crippen MR) is 122 cm³/mol. The molecule has 6 rings (SSSR count). The monoisotopic (exact) mass is 419 g/mol. The van der Waals surface area contributed by atoms with Gasteiger partial charge >= 0.3 is 0 Å². The average molecular weight is 420 g/mol. The Morgan fingerprint density at radius 2 is 1.77 bits per heavy atom. The quantitative estimate of drug-likeness (QED) is 0.660. The van der Waals surface area contributed by atoms with Crippen LogP contribution in [0.25, 0.3) is 11.3 Å². The minimum atomic E-state index is -0.333. The van der Waals surface area contributed by atoms with Crippen molar-refractivity contribution in [2.24, 2.45) is 34.5 Å². The number of rotatable bonds is 2. The standard InChI is InChI=1S/C27H37N3O/c1-26-14-7-6-10-19(26)11-12-20-21(26)13-15-27(2)22(20)16-24(25(27)31)30-17-23(28-29-30)18-8-4-3-5-9-18/h3-5,8-9,17,19-22,24-25,31H,6-7,10-16H2,1-2H3/t19-,20-,21+,22+,24+,25-,26+,27+/m1/s1. The summed E-state index contributed by atoms with van der Waals surface area (Å²) >= 11 is 0. The summed E-state index contributed by atoms with van der Waals surface area (Å²) in [5.41, 5.74) is 2.55. The number of aliphatic hydroxyl groups is 1. The Morgan fingerprint density at radius 3 is 2.61 bits per heavy atom. The van der Waals surface area contributed by atoms with Crippen LogP contribution in [0.15, 0.2) is 36.5 Å². The van der Waals surface area contributed by atoms with Crippen molar-refractivity contribution in [2.45, 2.75) is 83.8 Å². The number of fused-ring (bicyclic) bond motifs is 5. The van der Waals surface area contributed by atoms with E-state index in [0.29, 0.717) is 11.3 Å². The summed E-state index contributed by atoms with van der Waals surface area (Å²) in [7, 11) is 0. The molecule has 1 aromatic heterocycles.